The maximum absolute atomic E-state index is 13.6. The lowest BCUT2D eigenvalue weighted by molar-refractivity contribution is -0.384. The third kappa shape index (κ3) is 3.84. The van der Waals surface area contributed by atoms with Crippen LogP contribution in [0.25, 0.3) is 22.2 Å². The molecule has 0 unspecified atom stereocenters. The number of oxazole rings is 1. The Hall–Kier alpha value is -3.63. The molecule has 1 fully saturated rings. The fourth-order valence-electron chi connectivity index (χ4n) is 4.24. The summed E-state index contributed by atoms with van der Waals surface area (Å²) in [5.74, 6) is 0.0227. The number of hydrogen-bond acceptors (Lipinski definition) is 6. The van der Waals surface area contributed by atoms with Gasteiger partial charge in [-0.15, -0.1) is 0 Å². The number of aromatic nitrogens is 1. The van der Waals surface area contributed by atoms with E-state index in [0.29, 0.717) is 41.9 Å². The van der Waals surface area contributed by atoms with Crippen LogP contribution in [0.1, 0.15) is 30.3 Å². The van der Waals surface area contributed by atoms with Crippen molar-refractivity contribution in [1.29, 1.82) is 0 Å². The Morgan fingerprint density at radius 3 is 2.50 bits per heavy atom. The Morgan fingerprint density at radius 1 is 1.09 bits per heavy atom. The number of benzene rings is 3. The quantitative estimate of drug-likeness (QED) is 0.280. The lowest BCUT2D eigenvalue weighted by Crippen LogP contribution is -2.30. The molecule has 0 radical (unpaired) electrons. The van der Waals surface area contributed by atoms with Gasteiger partial charge >= 0.3 is 0 Å². The number of aryl methyl sites for hydroxylation is 1. The van der Waals surface area contributed by atoms with E-state index in [-0.39, 0.29) is 16.4 Å². The van der Waals surface area contributed by atoms with Crippen molar-refractivity contribution < 1.29 is 22.1 Å². The zero-order valence-corrected chi connectivity index (χ0v) is 19.0. The second-order valence-electron chi connectivity index (χ2n) is 8.22. The maximum Gasteiger partial charge on any atom is 0.269 e. The minimum atomic E-state index is -3.90. The first-order valence-corrected chi connectivity index (χ1v) is 12.1. The monoisotopic (exact) mass is 481 g/mol. The molecule has 0 bridgehead atoms. The Kier molecular flexibility index (Phi) is 5.41. The predicted molar refractivity (Wildman–Crippen MR) is 123 cm³/mol. The average molecular weight is 482 g/mol. The highest BCUT2D eigenvalue weighted by Gasteiger charge is 2.39. The average Bonchev–Trinajstić information content (AvgIpc) is 3.48. The van der Waals surface area contributed by atoms with Gasteiger partial charge in [-0.1, -0.05) is 12.1 Å². The number of hydrogen-bond donors (Lipinski definition) is 0. The third-order valence-electron chi connectivity index (χ3n) is 6.04. The Balaban J connectivity index is 1.47. The summed E-state index contributed by atoms with van der Waals surface area (Å²) in [6.45, 7) is 1.99. The molecule has 1 saturated heterocycles. The van der Waals surface area contributed by atoms with Crippen LogP contribution >= 0.6 is 0 Å². The lowest BCUT2D eigenvalue weighted by Gasteiger charge is -2.21. The van der Waals surface area contributed by atoms with Crippen LogP contribution in [0.15, 0.2) is 70.0 Å². The van der Waals surface area contributed by atoms with Gasteiger partial charge in [0.1, 0.15) is 17.4 Å². The molecule has 5 rings (SSSR count). The molecule has 0 saturated carbocycles. The fraction of sp³-hybridized carbons (Fsp3) is 0.208. The van der Waals surface area contributed by atoms with Crippen molar-refractivity contribution in [2.75, 3.05) is 6.54 Å². The molecule has 0 N–H and O–H groups in total. The molecule has 0 aliphatic carbocycles. The zero-order chi connectivity index (χ0) is 24.0. The van der Waals surface area contributed by atoms with Gasteiger partial charge < -0.3 is 4.42 Å². The Morgan fingerprint density at radius 2 is 1.79 bits per heavy atom. The van der Waals surface area contributed by atoms with E-state index in [9.17, 15) is 22.9 Å². The molecule has 10 heteroatoms. The number of nitro groups is 1. The molecule has 2 heterocycles. The van der Waals surface area contributed by atoms with Crippen molar-refractivity contribution in [3.63, 3.8) is 0 Å². The van der Waals surface area contributed by atoms with Crippen molar-refractivity contribution in [1.82, 2.24) is 9.29 Å². The molecule has 0 spiro atoms. The van der Waals surface area contributed by atoms with Gasteiger partial charge in [0.15, 0.2) is 5.58 Å². The number of fused-ring (bicyclic) bond motifs is 1. The highest BCUT2D eigenvalue weighted by molar-refractivity contribution is 7.89. The first-order valence-electron chi connectivity index (χ1n) is 10.7. The van der Waals surface area contributed by atoms with E-state index in [0.717, 1.165) is 11.1 Å². The van der Waals surface area contributed by atoms with Crippen LogP contribution < -0.4 is 0 Å². The molecule has 34 heavy (non-hydrogen) atoms. The number of non-ortho nitro benzene ring substituents is 1. The highest BCUT2D eigenvalue weighted by Crippen LogP contribution is 2.38. The van der Waals surface area contributed by atoms with Crippen molar-refractivity contribution >= 4 is 26.8 Å². The van der Waals surface area contributed by atoms with Crippen LogP contribution in [-0.2, 0) is 10.0 Å². The summed E-state index contributed by atoms with van der Waals surface area (Å²) in [5.41, 5.74) is 3.15. The minimum absolute atomic E-state index is 0.0184. The number of sulfonamides is 1. The molecule has 1 aliphatic heterocycles. The van der Waals surface area contributed by atoms with Gasteiger partial charge in [-0.2, -0.15) is 4.31 Å². The predicted octanol–water partition coefficient (Wildman–Crippen LogP) is 5.38. The van der Waals surface area contributed by atoms with Crippen molar-refractivity contribution in [3.05, 3.63) is 88.0 Å². The van der Waals surface area contributed by atoms with E-state index in [2.05, 4.69) is 4.98 Å². The van der Waals surface area contributed by atoms with Gasteiger partial charge in [0, 0.05) is 18.7 Å². The summed E-state index contributed by atoms with van der Waals surface area (Å²) in [6.07, 6.45) is 1.18. The smallest absolute Gasteiger partial charge is 0.269 e. The summed E-state index contributed by atoms with van der Waals surface area (Å²) in [7, 11) is -3.90. The highest BCUT2D eigenvalue weighted by atomic mass is 32.2. The molecule has 3 aromatic carbocycles. The summed E-state index contributed by atoms with van der Waals surface area (Å²) in [5, 5.41) is 10.9. The first-order chi connectivity index (χ1) is 16.2. The molecule has 174 valence electrons. The number of halogens is 1. The summed E-state index contributed by atoms with van der Waals surface area (Å²) in [4.78, 5) is 14.9. The van der Waals surface area contributed by atoms with E-state index in [1.807, 2.05) is 12.1 Å². The topological polar surface area (TPSA) is 107 Å². The molecule has 1 aliphatic rings. The van der Waals surface area contributed by atoms with E-state index in [1.165, 1.54) is 34.6 Å². The molecule has 0 amide bonds. The number of nitro benzene ring substituents is 1. The van der Waals surface area contributed by atoms with Gasteiger partial charge in [0.05, 0.1) is 9.82 Å². The summed E-state index contributed by atoms with van der Waals surface area (Å²) in [6, 6.07) is 14.6. The molecule has 1 atom stereocenters. The summed E-state index contributed by atoms with van der Waals surface area (Å²) < 4.78 is 47.4. The van der Waals surface area contributed by atoms with E-state index in [4.69, 9.17) is 4.42 Å². The minimum Gasteiger partial charge on any atom is -0.439 e. The number of rotatable bonds is 5. The van der Waals surface area contributed by atoms with Gasteiger partial charge in [-0.25, -0.2) is 17.8 Å². The molecule has 4 aromatic rings. The van der Waals surface area contributed by atoms with Crippen LogP contribution in [0.2, 0.25) is 0 Å². The van der Waals surface area contributed by atoms with Crippen molar-refractivity contribution in [2.45, 2.75) is 30.7 Å². The van der Waals surface area contributed by atoms with Gasteiger partial charge in [-0.05, 0) is 72.9 Å². The zero-order valence-electron chi connectivity index (χ0n) is 18.1. The van der Waals surface area contributed by atoms with E-state index in [1.54, 1.807) is 25.1 Å². The molecular weight excluding hydrogens is 461 g/mol. The van der Waals surface area contributed by atoms with Crippen LogP contribution in [0.4, 0.5) is 10.1 Å². The SMILES string of the molecule is Cc1cc(-c2ccc3oc([C@H]4CCCN4S(=O)(=O)c4ccc([N+](=O)[O-])cc4)nc3c2)ccc1F. The van der Waals surface area contributed by atoms with Crippen LogP contribution in [0.5, 0.6) is 0 Å². The van der Waals surface area contributed by atoms with E-state index < -0.39 is 21.0 Å². The van der Waals surface area contributed by atoms with Crippen LogP contribution in [0.3, 0.4) is 0 Å². The van der Waals surface area contributed by atoms with E-state index >= 15 is 0 Å². The second-order valence-corrected chi connectivity index (χ2v) is 10.1. The molecule has 8 nitrogen and oxygen atoms in total. The molecular formula is C24H20FN3O5S. The Bertz CT molecular complexity index is 1520. The largest absolute Gasteiger partial charge is 0.439 e. The maximum atomic E-state index is 13.6. The number of nitrogens with zero attached hydrogens (tertiary/aromatic N) is 3. The standard InChI is InChI=1S/C24H20FN3O5S/c1-15-13-16(4-10-20(15)25)17-5-11-23-21(14-17)26-24(33-23)22-3-2-12-27(22)34(31,32)19-8-6-18(7-9-19)28(29)30/h4-11,13-14,22H,2-3,12H2,1H3/t22-/m1/s1. The van der Waals surface area contributed by atoms with Crippen molar-refractivity contribution in [2.24, 2.45) is 0 Å². The first kappa shape index (κ1) is 22.2. The Labute approximate surface area is 194 Å². The van der Waals surface area contributed by atoms with Crippen molar-refractivity contribution in [3.8, 4) is 11.1 Å². The second kappa shape index (κ2) is 8.30. The normalized spacial score (nSPS) is 16.8. The lowest BCUT2D eigenvalue weighted by atomic mass is 10.0. The summed E-state index contributed by atoms with van der Waals surface area (Å²) >= 11 is 0. The molecule has 1 aromatic heterocycles. The fourth-order valence-corrected chi connectivity index (χ4v) is 5.89. The van der Waals surface area contributed by atoms with Gasteiger partial charge in [0.2, 0.25) is 15.9 Å². The van der Waals surface area contributed by atoms with Gasteiger partial charge in [-0.3, -0.25) is 10.1 Å². The third-order valence-corrected chi connectivity index (χ3v) is 7.96. The van der Waals surface area contributed by atoms with Crippen LogP contribution in [-0.4, -0.2) is 29.2 Å². The van der Waals surface area contributed by atoms with Crippen LogP contribution in [0, 0.1) is 22.9 Å². The van der Waals surface area contributed by atoms with Gasteiger partial charge in [0.25, 0.3) is 5.69 Å².